The highest BCUT2D eigenvalue weighted by Gasteiger charge is 2.28. The van der Waals surface area contributed by atoms with E-state index in [2.05, 4.69) is 43.3 Å². The lowest BCUT2D eigenvalue weighted by Gasteiger charge is -2.31. The zero-order valence-corrected chi connectivity index (χ0v) is 19.4. The predicted octanol–water partition coefficient (Wildman–Crippen LogP) is 3.42. The van der Waals surface area contributed by atoms with Gasteiger partial charge in [0.2, 0.25) is 0 Å². The number of amides is 2. The van der Waals surface area contributed by atoms with Crippen LogP contribution in [0.1, 0.15) is 57.8 Å². The molecule has 0 radical (unpaired) electrons. The Morgan fingerprint density at radius 3 is 2.39 bits per heavy atom. The Kier molecular flexibility index (Phi) is 7.20. The monoisotopic (exact) mass is 429 g/mol. The number of likely N-dealkylation sites (tertiary alicyclic amines) is 1. The normalized spacial score (nSPS) is 15.3. The maximum Gasteiger partial charge on any atom is 0.345 e. The summed E-state index contributed by atoms with van der Waals surface area (Å²) in [6.45, 7) is 11.2. The molecule has 2 amide bonds. The van der Waals surface area contributed by atoms with Crippen molar-refractivity contribution in [3.63, 3.8) is 0 Å². The van der Waals surface area contributed by atoms with Gasteiger partial charge < -0.3 is 15.0 Å². The zero-order chi connectivity index (χ0) is 22.6. The molecule has 0 aliphatic carbocycles. The van der Waals surface area contributed by atoms with Crippen LogP contribution in [-0.2, 0) is 23.2 Å². The number of aromatic nitrogens is 3. The van der Waals surface area contributed by atoms with Gasteiger partial charge in [0.05, 0.1) is 13.2 Å². The van der Waals surface area contributed by atoms with E-state index in [0.29, 0.717) is 32.8 Å². The highest BCUT2D eigenvalue weighted by Crippen LogP contribution is 2.27. The lowest BCUT2D eigenvalue weighted by molar-refractivity contribution is 0.181. The number of carbonyl (C=O) groups is 1. The highest BCUT2D eigenvalue weighted by atomic mass is 16.5. The van der Waals surface area contributed by atoms with Crippen molar-refractivity contribution < 1.29 is 9.53 Å². The molecule has 1 aromatic heterocycles. The van der Waals surface area contributed by atoms with Crippen LogP contribution in [0.2, 0.25) is 0 Å². The number of urea groups is 1. The average Bonchev–Trinajstić information content (AvgIpc) is 3.07. The Morgan fingerprint density at radius 2 is 1.84 bits per heavy atom. The molecule has 8 heteroatoms. The summed E-state index contributed by atoms with van der Waals surface area (Å²) < 4.78 is 8.31. The van der Waals surface area contributed by atoms with Gasteiger partial charge >= 0.3 is 11.7 Å². The number of rotatable bonds is 6. The number of anilines is 1. The number of ether oxygens (including phenoxy) is 1. The van der Waals surface area contributed by atoms with Crippen molar-refractivity contribution in [3.8, 4) is 0 Å². The van der Waals surface area contributed by atoms with E-state index in [9.17, 15) is 9.59 Å². The summed E-state index contributed by atoms with van der Waals surface area (Å²) in [5, 5.41) is 7.58. The summed E-state index contributed by atoms with van der Waals surface area (Å²) in [6, 6.07) is 7.95. The molecule has 0 spiro atoms. The van der Waals surface area contributed by atoms with E-state index in [1.165, 1.54) is 10.2 Å². The van der Waals surface area contributed by atoms with Gasteiger partial charge in [-0.25, -0.2) is 14.3 Å². The summed E-state index contributed by atoms with van der Waals surface area (Å²) in [7, 11) is 1.61. The fourth-order valence-corrected chi connectivity index (χ4v) is 3.98. The molecule has 31 heavy (non-hydrogen) atoms. The Labute approximate surface area is 184 Å². The molecule has 1 N–H and O–H groups in total. The molecule has 170 valence electrons. The van der Waals surface area contributed by atoms with Crippen LogP contribution in [0, 0.1) is 0 Å². The first-order chi connectivity index (χ1) is 14.7. The standard InChI is InChI=1S/C23H35N5O3/c1-6-27-20(25-28(22(27)30)15-16-31-5)17-11-13-26(14-12-17)21(29)24-19-9-7-18(8-10-19)23(2,3)4/h7-10,17H,6,11-16H2,1-5H3,(H,24,29). The molecule has 3 rings (SSSR count). The van der Waals surface area contributed by atoms with Crippen LogP contribution in [0.3, 0.4) is 0 Å². The number of hydrogen-bond acceptors (Lipinski definition) is 4. The Hall–Kier alpha value is -2.61. The van der Waals surface area contributed by atoms with Crippen LogP contribution in [0.4, 0.5) is 10.5 Å². The molecule has 1 aromatic carbocycles. The van der Waals surface area contributed by atoms with Crippen LogP contribution < -0.4 is 11.0 Å². The van der Waals surface area contributed by atoms with Gasteiger partial charge in [-0.15, -0.1) is 0 Å². The molecule has 1 saturated heterocycles. The van der Waals surface area contributed by atoms with Crippen LogP contribution in [0.5, 0.6) is 0 Å². The second kappa shape index (κ2) is 9.68. The molecule has 1 aliphatic rings. The van der Waals surface area contributed by atoms with Crippen LogP contribution in [0.15, 0.2) is 29.1 Å². The predicted molar refractivity (Wildman–Crippen MR) is 122 cm³/mol. The minimum absolute atomic E-state index is 0.0829. The van der Waals surface area contributed by atoms with E-state index in [4.69, 9.17) is 4.74 Å². The molecule has 1 aliphatic heterocycles. The van der Waals surface area contributed by atoms with E-state index in [0.717, 1.165) is 24.4 Å². The minimum Gasteiger partial charge on any atom is -0.383 e. The first-order valence-corrected chi connectivity index (χ1v) is 11.1. The van der Waals surface area contributed by atoms with Gasteiger partial charge in [-0.3, -0.25) is 4.57 Å². The second-order valence-electron chi connectivity index (χ2n) is 9.12. The first kappa shape index (κ1) is 23.1. The molecule has 0 bridgehead atoms. The number of hydrogen-bond donors (Lipinski definition) is 1. The van der Waals surface area contributed by atoms with Gasteiger partial charge in [0.1, 0.15) is 5.82 Å². The summed E-state index contributed by atoms with van der Waals surface area (Å²) in [5.74, 6) is 0.994. The van der Waals surface area contributed by atoms with Crippen molar-refractivity contribution in [1.29, 1.82) is 0 Å². The molecule has 0 atom stereocenters. The zero-order valence-electron chi connectivity index (χ0n) is 19.4. The average molecular weight is 430 g/mol. The number of carbonyl (C=O) groups excluding carboxylic acids is 1. The molecule has 1 fully saturated rings. The summed E-state index contributed by atoms with van der Waals surface area (Å²) in [6.07, 6.45) is 1.58. The largest absolute Gasteiger partial charge is 0.383 e. The highest BCUT2D eigenvalue weighted by molar-refractivity contribution is 5.89. The van der Waals surface area contributed by atoms with Crippen molar-refractivity contribution in [2.45, 2.75) is 65.0 Å². The maximum absolute atomic E-state index is 12.7. The van der Waals surface area contributed by atoms with Crippen LogP contribution >= 0.6 is 0 Å². The van der Waals surface area contributed by atoms with Crippen LogP contribution in [-0.4, -0.2) is 52.1 Å². The van der Waals surface area contributed by atoms with Crippen molar-refractivity contribution in [3.05, 3.63) is 46.1 Å². The lowest BCUT2D eigenvalue weighted by atomic mass is 9.87. The summed E-state index contributed by atoms with van der Waals surface area (Å²) >= 11 is 0. The van der Waals surface area contributed by atoms with E-state index >= 15 is 0 Å². The van der Waals surface area contributed by atoms with Crippen molar-refractivity contribution in [2.24, 2.45) is 0 Å². The van der Waals surface area contributed by atoms with Gasteiger partial charge in [-0.2, -0.15) is 5.10 Å². The van der Waals surface area contributed by atoms with Gasteiger partial charge in [-0.1, -0.05) is 32.9 Å². The molecule has 8 nitrogen and oxygen atoms in total. The summed E-state index contributed by atoms with van der Waals surface area (Å²) in [5.41, 5.74) is 2.03. The van der Waals surface area contributed by atoms with Gasteiger partial charge in [0.15, 0.2) is 0 Å². The third-order valence-electron chi connectivity index (χ3n) is 5.92. The maximum atomic E-state index is 12.7. The molecular formula is C23H35N5O3. The number of piperidine rings is 1. The number of benzene rings is 1. The number of nitrogens with one attached hydrogen (secondary N) is 1. The lowest BCUT2D eigenvalue weighted by Crippen LogP contribution is -2.41. The molecule has 2 aromatic rings. The van der Waals surface area contributed by atoms with E-state index in [1.807, 2.05) is 24.0 Å². The Bertz CT molecular complexity index is 932. The Morgan fingerprint density at radius 1 is 1.19 bits per heavy atom. The fourth-order valence-electron chi connectivity index (χ4n) is 3.98. The molecule has 0 unspecified atom stereocenters. The molecule has 2 heterocycles. The van der Waals surface area contributed by atoms with Gasteiger partial charge in [-0.05, 0) is 42.9 Å². The molecular weight excluding hydrogens is 394 g/mol. The third kappa shape index (κ3) is 5.36. The van der Waals surface area contributed by atoms with Crippen molar-refractivity contribution in [2.75, 3.05) is 32.1 Å². The Balaban J connectivity index is 1.60. The van der Waals surface area contributed by atoms with E-state index in [1.54, 1.807) is 11.7 Å². The smallest absolute Gasteiger partial charge is 0.345 e. The van der Waals surface area contributed by atoms with Crippen LogP contribution in [0.25, 0.3) is 0 Å². The topological polar surface area (TPSA) is 81.4 Å². The number of nitrogens with zero attached hydrogens (tertiary/aromatic N) is 4. The van der Waals surface area contributed by atoms with E-state index < -0.39 is 0 Å². The SMILES string of the molecule is CCn1c(C2CCN(C(=O)Nc3ccc(C(C)(C)C)cc3)CC2)nn(CCOC)c1=O. The van der Waals surface area contributed by atoms with Gasteiger partial charge in [0, 0.05) is 38.3 Å². The minimum atomic E-state index is -0.0894. The quantitative estimate of drug-likeness (QED) is 0.763. The van der Waals surface area contributed by atoms with Crippen molar-refractivity contribution in [1.82, 2.24) is 19.2 Å². The number of methoxy groups -OCH3 is 1. The van der Waals surface area contributed by atoms with Crippen molar-refractivity contribution >= 4 is 11.7 Å². The van der Waals surface area contributed by atoms with Gasteiger partial charge in [0.25, 0.3) is 0 Å². The first-order valence-electron chi connectivity index (χ1n) is 11.1. The fraction of sp³-hybridized carbons (Fsp3) is 0.609. The van der Waals surface area contributed by atoms with E-state index in [-0.39, 0.29) is 23.1 Å². The molecule has 0 saturated carbocycles. The summed E-state index contributed by atoms with van der Waals surface area (Å²) in [4.78, 5) is 27.1. The third-order valence-corrected chi connectivity index (χ3v) is 5.92. The second-order valence-corrected chi connectivity index (χ2v) is 9.12.